The minimum Gasteiger partial charge on any atom is -0.497 e. The van der Waals surface area contributed by atoms with Gasteiger partial charge in [0.1, 0.15) is 11.5 Å². The number of ether oxygens (including phenoxy) is 2. The van der Waals surface area contributed by atoms with E-state index < -0.39 is 0 Å². The summed E-state index contributed by atoms with van der Waals surface area (Å²) in [5, 5.41) is 7.21. The highest BCUT2D eigenvalue weighted by atomic mass is 16.5. The first kappa shape index (κ1) is 15.5. The van der Waals surface area contributed by atoms with Crippen LogP contribution < -0.4 is 9.47 Å². The molecule has 0 unspecified atom stereocenters. The van der Waals surface area contributed by atoms with E-state index in [1.165, 1.54) is 0 Å². The van der Waals surface area contributed by atoms with Crippen LogP contribution in [0.3, 0.4) is 0 Å². The molecule has 1 heterocycles. The van der Waals surface area contributed by atoms with Crippen molar-refractivity contribution in [3.05, 3.63) is 48.5 Å². The van der Waals surface area contributed by atoms with Crippen molar-refractivity contribution in [1.29, 1.82) is 0 Å². The molecule has 3 aromatic rings. The number of hydrogen-bond acceptors (Lipinski definition) is 4. The van der Waals surface area contributed by atoms with Gasteiger partial charge in [-0.2, -0.15) is 5.10 Å². The molecule has 0 bridgehead atoms. The van der Waals surface area contributed by atoms with Crippen molar-refractivity contribution in [2.24, 2.45) is 0 Å². The third-order valence-corrected chi connectivity index (χ3v) is 3.20. The van der Waals surface area contributed by atoms with E-state index in [0.29, 0.717) is 5.82 Å². The molecule has 0 spiro atoms. The van der Waals surface area contributed by atoms with Crippen molar-refractivity contribution in [3.8, 4) is 34.3 Å². The minimum absolute atomic E-state index is 0. The zero-order valence-corrected chi connectivity index (χ0v) is 12.3. The van der Waals surface area contributed by atoms with Gasteiger partial charge in [0.2, 0.25) is 0 Å². The van der Waals surface area contributed by atoms with E-state index in [9.17, 15) is 0 Å². The highest BCUT2D eigenvalue weighted by molar-refractivity contribution is 5.62. The zero-order chi connectivity index (χ0) is 14.7. The van der Waals surface area contributed by atoms with Crippen LogP contribution in [0.15, 0.2) is 48.5 Å². The summed E-state index contributed by atoms with van der Waals surface area (Å²) in [6, 6.07) is 15.3. The van der Waals surface area contributed by atoms with Gasteiger partial charge < -0.3 is 14.9 Å². The summed E-state index contributed by atoms with van der Waals surface area (Å²) in [4.78, 5) is 4.51. The molecule has 0 aliphatic rings. The molecule has 3 N–H and O–H groups in total. The molecule has 0 atom stereocenters. The number of rotatable bonds is 4. The molecule has 1 aromatic heterocycles. The Labute approximate surface area is 128 Å². The smallest absolute Gasteiger partial charge is 0.181 e. The third-order valence-electron chi connectivity index (χ3n) is 3.20. The van der Waals surface area contributed by atoms with Crippen LogP contribution in [0, 0.1) is 0 Å². The molecule has 0 aliphatic heterocycles. The number of nitrogens with zero attached hydrogens (tertiary/aromatic N) is 2. The van der Waals surface area contributed by atoms with Crippen LogP contribution in [-0.2, 0) is 0 Å². The van der Waals surface area contributed by atoms with Gasteiger partial charge in [-0.25, -0.2) is 4.98 Å². The molecule has 6 heteroatoms. The standard InChI is InChI=1S/C16H15N3O2.H2O/c1-20-13-7-3-11(4-8-13)15-17-16(19-18-15)12-5-9-14(21-2)10-6-12;/h3-10H,1-2H3,(H,17,18,19);1H2. The first-order chi connectivity index (χ1) is 10.3. The van der Waals surface area contributed by atoms with E-state index in [0.717, 1.165) is 28.5 Å². The predicted octanol–water partition coefficient (Wildman–Crippen LogP) is 2.33. The van der Waals surface area contributed by atoms with E-state index in [1.807, 2.05) is 48.5 Å². The van der Waals surface area contributed by atoms with Crippen molar-refractivity contribution >= 4 is 0 Å². The molecule has 114 valence electrons. The Morgan fingerprint density at radius 3 is 1.77 bits per heavy atom. The van der Waals surface area contributed by atoms with E-state index in [-0.39, 0.29) is 5.48 Å². The van der Waals surface area contributed by atoms with E-state index >= 15 is 0 Å². The second-order valence-electron chi connectivity index (χ2n) is 4.46. The maximum absolute atomic E-state index is 5.14. The Balaban J connectivity index is 0.00000176. The summed E-state index contributed by atoms with van der Waals surface area (Å²) in [6.07, 6.45) is 0. The Kier molecular flexibility index (Phi) is 4.75. The Hall–Kier alpha value is -2.86. The average molecular weight is 299 g/mol. The van der Waals surface area contributed by atoms with Gasteiger partial charge in [0, 0.05) is 11.1 Å². The zero-order valence-electron chi connectivity index (χ0n) is 12.3. The number of nitrogens with one attached hydrogen (secondary N) is 1. The summed E-state index contributed by atoms with van der Waals surface area (Å²) < 4.78 is 10.3. The molecule has 3 rings (SSSR count). The van der Waals surface area contributed by atoms with Gasteiger partial charge in [-0.3, -0.25) is 5.10 Å². The van der Waals surface area contributed by atoms with Gasteiger partial charge in [0.05, 0.1) is 14.2 Å². The van der Waals surface area contributed by atoms with E-state index in [2.05, 4.69) is 15.2 Å². The fourth-order valence-corrected chi connectivity index (χ4v) is 2.01. The SMILES string of the molecule is COc1ccc(-c2n[nH]c(-c3ccc(OC)cc3)n2)cc1.O. The number of hydrogen-bond donors (Lipinski definition) is 1. The first-order valence-electron chi connectivity index (χ1n) is 6.51. The number of benzene rings is 2. The molecule has 0 fully saturated rings. The first-order valence-corrected chi connectivity index (χ1v) is 6.51. The third kappa shape index (κ3) is 3.07. The number of methoxy groups -OCH3 is 2. The van der Waals surface area contributed by atoms with Crippen LogP contribution in [-0.4, -0.2) is 34.9 Å². The van der Waals surface area contributed by atoms with Crippen molar-refractivity contribution < 1.29 is 14.9 Å². The molecule has 0 saturated heterocycles. The maximum atomic E-state index is 5.14. The minimum atomic E-state index is 0. The van der Waals surface area contributed by atoms with Crippen LogP contribution in [0.1, 0.15) is 0 Å². The fourth-order valence-electron chi connectivity index (χ4n) is 2.01. The molecule has 2 aromatic carbocycles. The lowest BCUT2D eigenvalue weighted by molar-refractivity contribution is 0.415. The number of aromatic nitrogens is 3. The summed E-state index contributed by atoms with van der Waals surface area (Å²) >= 11 is 0. The van der Waals surface area contributed by atoms with Crippen LogP contribution in [0.2, 0.25) is 0 Å². The lowest BCUT2D eigenvalue weighted by atomic mass is 10.2. The van der Waals surface area contributed by atoms with Crippen molar-refractivity contribution in [2.45, 2.75) is 0 Å². The van der Waals surface area contributed by atoms with E-state index in [4.69, 9.17) is 9.47 Å². The topological polar surface area (TPSA) is 91.5 Å². The van der Waals surface area contributed by atoms with Crippen LogP contribution >= 0.6 is 0 Å². The Morgan fingerprint density at radius 2 is 1.27 bits per heavy atom. The fraction of sp³-hybridized carbons (Fsp3) is 0.125. The molecule has 0 radical (unpaired) electrons. The Bertz CT molecular complexity index is 659. The van der Waals surface area contributed by atoms with Crippen LogP contribution in [0.25, 0.3) is 22.8 Å². The van der Waals surface area contributed by atoms with Crippen LogP contribution in [0.5, 0.6) is 11.5 Å². The molecule has 6 nitrogen and oxygen atoms in total. The molecular formula is C16H17N3O3. The number of H-pyrrole nitrogens is 1. The maximum Gasteiger partial charge on any atom is 0.181 e. The Morgan fingerprint density at radius 1 is 0.773 bits per heavy atom. The summed E-state index contributed by atoms with van der Waals surface area (Å²) in [5.74, 6) is 3.00. The highest BCUT2D eigenvalue weighted by Gasteiger charge is 2.08. The van der Waals surface area contributed by atoms with Gasteiger partial charge >= 0.3 is 0 Å². The lowest BCUT2D eigenvalue weighted by Crippen LogP contribution is -1.85. The summed E-state index contributed by atoms with van der Waals surface area (Å²) in [5.41, 5.74) is 1.90. The van der Waals surface area contributed by atoms with Crippen molar-refractivity contribution in [3.63, 3.8) is 0 Å². The molecule has 22 heavy (non-hydrogen) atoms. The summed E-state index contributed by atoms with van der Waals surface area (Å²) in [7, 11) is 3.29. The lowest BCUT2D eigenvalue weighted by Gasteiger charge is -2.00. The molecule has 0 saturated carbocycles. The summed E-state index contributed by atoms with van der Waals surface area (Å²) in [6.45, 7) is 0. The van der Waals surface area contributed by atoms with Gasteiger partial charge in [-0.05, 0) is 48.5 Å². The van der Waals surface area contributed by atoms with Gasteiger partial charge in [-0.1, -0.05) is 0 Å². The van der Waals surface area contributed by atoms with Gasteiger partial charge in [0.15, 0.2) is 11.6 Å². The number of aromatic amines is 1. The van der Waals surface area contributed by atoms with Crippen molar-refractivity contribution in [1.82, 2.24) is 15.2 Å². The predicted molar refractivity (Wildman–Crippen MR) is 84.0 cm³/mol. The quantitative estimate of drug-likeness (QED) is 0.800. The largest absolute Gasteiger partial charge is 0.497 e. The van der Waals surface area contributed by atoms with Crippen molar-refractivity contribution in [2.75, 3.05) is 14.2 Å². The highest BCUT2D eigenvalue weighted by Crippen LogP contribution is 2.23. The average Bonchev–Trinajstić information content (AvgIpc) is 3.05. The van der Waals surface area contributed by atoms with E-state index in [1.54, 1.807) is 14.2 Å². The van der Waals surface area contributed by atoms with Crippen LogP contribution in [0.4, 0.5) is 0 Å². The normalized spacial score (nSPS) is 9.91. The second-order valence-corrected chi connectivity index (χ2v) is 4.46. The van der Waals surface area contributed by atoms with Gasteiger partial charge in [-0.15, -0.1) is 0 Å². The van der Waals surface area contributed by atoms with Gasteiger partial charge in [0.25, 0.3) is 0 Å². The molecular weight excluding hydrogens is 282 g/mol. The molecule has 0 amide bonds. The molecule has 0 aliphatic carbocycles. The second kappa shape index (κ2) is 6.73. The monoisotopic (exact) mass is 299 g/mol.